The molecule has 0 saturated carbocycles. The van der Waals surface area contributed by atoms with Crippen LogP contribution in [0.25, 0.3) is 6.08 Å². The van der Waals surface area contributed by atoms with E-state index in [1.165, 1.54) is 0 Å². The van der Waals surface area contributed by atoms with Crippen LogP contribution >= 0.6 is 11.6 Å². The summed E-state index contributed by atoms with van der Waals surface area (Å²) in [5.74, 6) is -0.762. The van der Waals surface area contributed by atoms with Crippen LogP contribution in [0.3, 0.4) is 0 Å². The predicted octanol–water partition coefficient (Wildman–Crippen LogP) is 7.51. The van der Waals surface area contributed by atoms with Crippen molar-refractivity contribution in [1.82, 2.24) is 0 Å². The fourth-order valence-corrected chi connectivity index (χ4v) is 7.03. The largest absolute Gasteiger partial charge is 0.352 e. The topological polar surface area (TPSA) is 54.5 Å². The van der Waals surface area contributed by atoms with Crippen LogP contribution in [0.4, 0.5) is 5.69 Å². The molecule has 1 fully saturated rings. The van der Waals surface area contributed by atoms with Crippen LogP contribution in [0.5, 0.6) is 0 Å². The lowest BCUT2D eigenvalue weighted by atomic mass is 9.63. The summed E-state index contributed by atoms with van der Waals surface area (Å²) in [5.41, 5.74) is 2.36. The number of ketones is 3. The van der Waals surface area contributed by atoms with E-state index < -0.39 is 28.8 Å². The van der Waals surface area contributed by atoms with Crippen LogP contribution < -0.4 is 4.90 Å². The third kappa shape index (κ3) is 3.54. The Balaban J connectivity index is 1.68. The monoisotopic (exact) mass is 537 g/mol. The number of nitrogens with zero attached hydrogens (tertiary/aromatic N) is 1. The summed E-state index contributed by atoms with van der Waals surface area (Å²) in [6, 6.07) is 19.5. The molecule has 0 radical (unpaired) electrons. The summed E-state index contributed by atoms with van der Waals surface area (Å²) in [6.07, 6.45) is 3.88. The van der Waals surface area contributed by atoms with Gasteiger partial charge < -0.3 is 4.90 Å². The van der Waals surface area contributed by atoms with E-state index in [0.29, 0.717) is 22.1 Å². The van der Waals surface area contributed by atoms with E-state index in [9.17, 15) is 14.4 Å². The van der Waals surface area contributed by atoms with Crippen molar-refractivity contribution < 1.29 is 14.4 Å². The van der Waals surface area contributed by atoms with Gasteiger partial charge in [-0.05, 0) is 40.8 Å². The number of hydrogen-bond donors (Lipinski definition) is 0. The predicted molar refractivity (Wildman–Crippen MR) is 156 cm³/mol. The number of hydrogen-bond acceptors (Lipinski definition) is 4. The second-order valence-electron chi connectivity index (χ2n) is 12.3. The molecule has 1 spiro atoms. The normalized spacial score (nSPS) is 22.8. The molecule has 0 unspecified atom stereocenters. The van der Waals surface area contributed by atoms with Crippen molar-refractivity contribution in [3.63, 3.8) is 0 Å². The fraction of sp³-hybridized carbons (Fsp3) is 0.324. The zero-order chi connectivity index (χ0) is 27.9. The highest BCUT2D eigenvalue weighted by atomic mass is 35.5. The maximum atomic E-state index is 14.6. The molecule has 4 nitrogen and oxygen atoms in total. The molecule has 0 N–H and O–H groups in total. The average molecular weight is 538 g/mol. The third-order valence-electron chi connectivity index (χ3n) is 8.74. The molecule has 0 amide bonds. The van der Waals surface area contributed by atoms with Gasteiger partial charge in [0.1, 0.15) is 5.41 Å². The molecule has 0 aromatic heterocycles. The second kappa shape index (κ2) is 8.76. The van der Waals surface area contributed by atoms with Gasteiger partial charge in [-0.1, -0.05) is 107 Å². The van der Waals surface area contributed by atoms with E-state index in [2.05, 4.69) is 26.0 Å². The highest BCUT2D eigenvalue weighted by Gasteiger charge is 2.71. The Hall–Kier alpha value is -3.50. The molecular formula is C34H32ClNO3. The van der Waals surface area contributed by atoms with Gasteiger partial charge in [-0.15, -0.1) is 0 Å². The average Bonchev–Trinajstić information content (AvgIpc) is 3.33. The van der Waals surface area contributed by atoms with Crippen LogP contribution in [0, 0.1) is 10.8 Å². The Morgan fingerprint density at radius 3 is 2.10 bits per heavy atom. The summed E-state index contributed by atoms with van der Waals surface area (Å²) in [5, 5.41) is 0.589. The number of Topliss-reactive ketones (excluding diaryl/α,β-unsaturated/α-hetero) is 3. The van der Waals surface area contributed by atoms with E-state index in [-0.39, 0.29) is 17.3 Å². The summed E-state index contributed by atoms with van der Waals surface area (Å²) < 4.78 is 0. The first-order valence-electron chi connectivity index (χ1n) is 13.6. The van der Waals surface area contributed by atoms with Gasteiger partial charge in [0, 0.05) is 33.2 Å². The summed E-state index contributed by atoms with van der Waals surface area (Å²) >= 11 is 6.36. The van der Waals surface area contributed by atoms with Gasteiger partial charge in [-0.2, -0.15) is 0 Å². The number of carbonyl (C=O) groups is 3. The number of carbonyl (C=O) groups excluding carboxylic acids is 3. The zero-order valence-electron chi connectivity index (χ0n) is 22.9. The third-order valence-corrected chi connectivity index (χ3v) is 8.97. The minimum atomic E-state index is -1.47. The maximum absolute atomic E-state index is 14.6. The minimum absolute atomic E-state index is 0.00457. The summed E-state index contributed by atoms with van der Waals surface area (Å²) in [7, 11) is 0. The molecule has 3 aromatic rings. The van der Waals surface area contributed by atoms with E-state index in [0.717, 1.165) is 22.4 Å². The van der Waals surface area contributed by atoms with Crippen molar-refractivity contribution in [2.75, 3.05) is 4.90 Å². The zero-order valence-corrected chi connectivity index (χ0v) is 23.6. The van der Waals surface area contributed by atoms with Gasteiger partial charge >= 0.3 is 0 Å². The van der Waals surface area contributed by atoms with Gasteiger partial charge in [0.05, 0.1) is 12.1 Å². The van der Waals surface area contributed by atoms with Crippen molar-refractivity contribution in [2.45, 2.75) is 58.5 Å². The van der Waals surface area contributed by atoms with Crippen molar-refractivity contribution in [3.8, 4) is 0 Å². The molecule has 0 bridgehead atoms. The molecule has 3 aliphatic rings. The molecule has 39 heavy (non-hydrogen) atoms. The Morgan fingerprint density at radius 1 is 0.923 bits per heavy atom. The first kappa shape index (κ1) is 25.8. The van der Waals surface area contributed by atoms with Crippen LogP contribution in [-0.2, 0) is 4.79 Å². The standard InChI is InChI=1S/C34H32ClNO3/c1-19(2)20-10-12-21(13-11-20)28-29(32(39)33(3,4)5)36-26-16-15-23(35)18-22(26)14-17-27(36)34(28)30(37)24-8-6-7-9-25(24)31(34)38/h6-19,27-29H,1-5H3/t27-,28-,29+/m0/s1. The number of anilines is 1. The second-order valence-corrected chi connectivity index (χ2v) is 12.8. The molecular weight excluding hydrogens is 506 g/mol. The van der Waals surface area contributed by atoms with E-state index in [4.69, 9.17) is 11.6 Å². The Bertz CT molecular complexity index is 1520. The fourth-order valence-electron chi connectivity index (χ4n) is 6.85. The van der Waals surface area contributed by atoms with Crippen molar-refractivity contribution in [1.29, 1.82) is 0 Å². The Labute approximate surface area is 234 Å². The van der Waals surface area contributed by atoms with Crippen LogP contribution in [-0.4, -0.2) is 29.4 Å². The van der Waals surface area contributed by atoms with Gasteiger partial charge in [-0.25, -0.2) is 0 Å². The number of fused-ring (bicyclic) bond motifs is 5. The molecule has 1 saturated heterocycles. The molecule has 2 aliphatic heterocycles. The molecule has 5 heteroatoms. The highest BCUT2D eigenvalue weighted by Crippen LogP contribution is 2.61. The molecule has 6 rings (SSSR count). The lowest BCUT2D eigenvalue weighted by molar-refractivity contribution is -0.127. The van der Waals surface area contributed by atoms with E-state index in [1.807, 2.05) is 62.1 Å². The molecule has 1 aliphatic carbocycles. The quantitative estimate of drug-likeness (QED) is 0.324. The molecule has 2 heterocycles. The van der Waals surface area contributed by atoms with Gasteiger partial charge in [0.15, 0.2) is 17.3 Å². The van der Waals surface area contributed by atoms with Crippen molar-refractivity contribution in [2.24, 2.45) is 10.8 Å². The Morgan fingerprint density at radius 2 is 1.54 bits per heavy atom. The van der Waals surface area contributed by atoms with Crippen LogP contribution in [0.1, 0.15) is 83.9 Å². The van der Waals surface area contributed by atoms with Gasteiger partial charge in [-0.3, -0.25) is 14.4 Å². The number of rotatable bonds is 3. The lowest BCUT2D eigenvalue weighted by Gasteiger charge is -2.38. The maximum Gasteiger partial charge on any atom is 0.180 e. The number of benzene rings is 3. The Kier molecular flexibility index (Phi) is 5.78. The van der Waals surface area contributed by atoms with E-state index >= 15 is 0 Å². The summed E-state index contributed by atoms with van der Waals surface area (Å²) in [6.45, 7) is 9.98. The molecule has 3 atom stereocenters. The first-order valence-corrected chi connectivity index (χ1v) is 13.9. The highest BCUT2D eigenvalue weighted by molar-refractivity contribution is 6.32. The first-order chi connectivity index (χ1) is 18.5. The van der Waals surface area contributed by atoms with Crippen molar-refractivity contribution in [3.05, 3.63) is 106 Å². The molecule has 198 valence electrons. The SMILES string of the molecule is CC(C)c1ccc([C@H]2[C@H](C(=O)C(C)(C)C)N3c4ccc(Cl)cc4C=C[C@H]3C23C(=O)c2ccccc2C3=O)cc1. The van der Waals surface area contributed by atoms with Gasteiger partial charge in [0.2, 0.25) is 0 Å². The van der Waals surface area contributed by atoms with Crippen LogP contribution in [0.15, 0.2) is 72.8 Å². The van der Waals surface area contributed by atoms with Gasteiger partial charge in [0.25, 0.3) is 0 Å². The minimum Gasteiger partial charge on any atom is -0.352 e. The van der Waals surface area contributed by atoms with Crippen molar-refractivity contribution >= 4 is 40.7 Å². The van der Waals surface area contributed by atoms with Crippen LogP contribution in [0.2, 0.25) is 5.02 Å². The smallest absolute Gasteiger partial charge is 0.180 e. The molecule has 3 aromatic carbocycles. The number of halogens is 1. The lowest BCUT2D eigenvalue weighted by Crippen LogP contribution is -2.49. The summed E-state index contributed by atoms with van der Waals surface area (Å²) in [4.78, 5) is 45.7. The van der Waals surface area contributed by atoms with E-state index in [1.54, 1.807) is 30.3 Å².